The zero-order chi connectivity index (χ0) is 15.0. The number of anilines is 1. The Morgan fingerprint density at radius 1 is 1.29 bits per heavy atom. The molecule has 2 unspecified atom stereocenters. The molecule has 0 spiro atoms. The van der Waals surface area contributed by atoms with Crippen molar-refractivity contribution in [3.05, 3.63) is 56.1 Å². The Kier molecular flexibility index (Phi) is 4.35. The molecule has 110 valence electrons. The van der Waals surface area contributed by atoms with Gasteiger partial charge in [0, 0.05) is 31.8 Å². The molecule has 4 N–H and O–H groups in total. The highest BCUT2D eigenvalue weighted by Crippen LogP contribution is 2.35. The first kappa shape index (κ1) is 15.0. The van der Waals surface area contributed by atoms with E-state index in [-0.39, 0.29) is 6.17 Å². The van der Waals surface area contributed by atoms with E-state index in [1.165, 1.54) is 0 Å². The van der Waals surface area contributed by atoms with E-state index in [1.807, 2.05) is 6.07 Å². The fourth-order valence-electron chi connectivity index (χ4n) is 2.11. The lowest BCUT2D eigenvalue weighted by atomic mass is 10.1. The maximum atomic E-state index is 6.20. The van der Waals surface area contributed by atoms with Crippen molar-refractivity contribution in [2.24, 2.45) is 0 Å². The summed E-state index contributed by atoms with van der Waals surface area (Å²) in [5.74, 6) is 0.392. The molecule has 0 bridgehead atoms. The van der Waals surface area contributed by atoms with Crippen molar-refractivity contribution in [3.63, 3.8) is 0 Å². The van der Waals surface area contributed by atoms with Gasteiger partial charge in [0.25, 0.3) is 0 Å². The summed E-state index contributed by atoms with van der Waals surface area (Å²) in [6, 6.07) is 7.18. The Balaban J connectivity index is 1.87. The molecular weight excluding hydrogens is 379 g/mol. The Morgan fingerprint density at radius 2 is 2.00 bits per heavy atom. The third-order valence-corrected chi connectivity index (χ3v) is 4.20. The standard InChI is InChI=1S/C13H11BrCl2N4O/c14-6-4-7(11(17)18-5-6)13-19-12(20-21-13)10-8(15)2-1-3-9(10)16/h1-5,12-13,19-20H,(H2,17,18). The van der Waals surface area contributed by atoms with Crippen LogP contribution >= 0.6 is 39.1 Å². The number of hydrogen-bond acceptors (Lipinski definition) is 5. The Morgan fingerprint density at radius 3 is 2.71 bits per heavy atom. The predicted molar refractivity (Wildman–Crippen MR) is 85.6 cm³/mol. The molecule has 5 nitrogen and oxygen atoms in total. The normalized spacial score (nSPS) is 21.7. The molecule has 8 heteroatoms. The number of nitrogens with zero attached hydrogens (tertiary/aromatic N) is 1. The van der Waals surface area contributed by atoms with Crippen molar-refractivity contribution in [1.82, 2.24) is 15.8 Å². The van der Waals surface area contributed by atoms with Crippen LogP contribution in [0.5, 0.6) is 0 Å². The van der Waals surface area contributed by atoms with Gasteiger partial charge in [0.2, 0.25) is 0 Å². The number of nitrogens with one attached hydrogen (secondary N) is 2. The first-order chi connectivity index (χ1) is 10.1. The molecule has 1 aliphatic heterocycles. The molecule has 0 saturated carbocycles. The van der Waals surface area contributed by atoms with E-state index in [1.54, 1.807) is 24.4 Å². The smallest absolute Gasteiger partial charge is 0.160 e. The molecule has 21 heavy (non-hydrogen) atoms. The van der Waals surface area contributed by atoms with Crippen LogP contribution in [0.3, 0.4) is 0 Å². The number of nitrogens with two attached hydrogens (primary N) is 1. The van der Waals surface area contributed by atoms with E-state index >= 15 is 0 Å². The van der Waals surface area contributed by atoms with Crippen molar-refractivity contribution in [2.45, 2.75) is 12.4 Å². The van der Waals surface area contributed by atoms with E-state index in [0.717, 1.165) is 15.6 Å². The van der Waals surface area contributed by atoms with Gasteiger partial charge in [0.1, 0.15) is 12.0 Å². The first-order valence-corrected chi connectivity index (χ1v) is 7.63. The van der Waals surface area contributed by atoms with E-state index in [0.29, 0.717) is 15.9 Å². The van der Waals surface area contributed by atoms with Gasteiger partial charge in [-0.1, -0.05) is 29.3 Å². The van der Waals surface area contributed by atoms with Gasteiger partial charge >= 0.3 is 0 Å². The van der Waals surface area contributed by atoms with Crippen molar-refractivity contribution in [1.29, 1.82) is 0 Å². The van der Waals surface area contributed by atoms with Crippen LogP contribution in [0, 0.1) is 0 Å². The largest absolute Gasteiger partial charge is 0.383 e. The Hall–Kier alpha value is -0.890. The third kappa shape index (κ3) is 3.01. The molecule has 0 radical (unpaired) electrons. The van der Waals surface area contributed by atoms with Gasteiger partial charge in [-0.15, -0.1) is 0 Å². The predicted octanol–water partition coefficient (Wildman–Crippen LogP) is 3.55. The monoisotopic (exact) mass is 388 g/mol. The summed E-state index contributed by atoms with van der Waals surface area (Å²) < 4.78 is 0.816. The summed E-state index contributed by atoms with van der Waals surface area (Å²) in [5.41, 5.74) is 10.2. The lowest BCUT2D eigenvalue weighted by Gasteiger charge is -2.15. The number of rotatable bonds is 2. The molecule has 2 heterocycles. The summed E-state index contributed by atoms with van der Waals surface area (Å²) in [6.45, 7) is 0. The number of aromatic nitrogens is 1. The van der Waals surface area contributed by atoms with Crippen LogP contribution in [0.25, 0.3) is 0 Å². The van der Waals surface area contributed by atoms with Crippen LogP contribution in [-0.2, 0) is 4.84 Å². The summed E-state index contributed by atoms with van der Waals surface area (Å²) in [7, 11) is 0. The van der Waals surface area contributed by atoms with Crippen molar-refractivity contribution in [2.75, 3.05) is 5.73 Å². The zero-order valence-electron chi connectivity index (χ0n) is 10.6. The van der Waals surface area contributed by atoms with Gasteiger partial charge in [0.05, 0.1) is 0 Å². The van der Waals surface area contributed by atoms with E-state index < -0.39 is 6.23 Å². The SMILES string of the molecule is Nc1ncc(Br)cc1C1NC(c2c(Cl)cccc2Cl)NO1. The number of benzene rings is 1. The van der Waals surface area contributed by atoms with E-state index in [2.05, 4.69) is 31.7 Å². The van der Waals surface area contributed by atoms with Gasteiger partial charge in [-0.2, -0.15) is 5.48 Å². The molecule has 1 fully saturated rings. The summed E-state index contributed by atoms with van der Waals surface area (Å²) in [4.78, 5) is 9.62. The summed E-state index contributed by atoms with van der Waals surface area (Å²) in [5, 5.41) is 4.34. The molecule has 1 aromatic heterocycles. The zero-order valence-corrected chi connectivity index (χ0v) is 13.7. The second-order valence-corrected chi connectivity index (χ2v) is 6.21. The molecule has 1 saturated heterocycles. The van der Waals surface area contributed by atoms with Crippen LogP contribution in [0.15, 0.2) is 34.9 Å². The average molecular weight is 390 g/mol. The topological polar surface area (TPSA) is 72.2 Å². The average Bonchev–Trinajstić information content (AvgIpc) is 2.90. The maximum Gasteiger partial charge on any atom is 0.160 e. The van der Waals surface area contributed by atoms with E-state index in [4.69, 9.17) is 33.8 Å². The van der Waals surface area contributed by atoms with Crippen LogP contribution in [-0.4, -0.2) is 4.98 Å². The molecule has 0 aliphatic carbocycles. The minimum Gasteiger partial charge on any atom is -0.383 e. The van der Waals surface area contributed by atoms with Gasteiger partial charge < -0.3 is 5.73 Å². The number of pyridine rings is 1. The van der Waals surface area contributed by atoms with Crippen molar-refractivity contribution >= 4 is 44.9 Å². The molecule has 1 aliphatic rings. The second-order valence-electron chi connectivity index (χ2n) is 4.48. The Bertz CT molecular complexity index is 665. The van der Waals surface area contributed by atoms with Crippen LogP contribution in [0.4, 0.5) is 5.82 Å². The number of halogens is 3. The van der Waals surface area contributed by atoms with Crippen LogP contribution in [0.1, 0.15) is 23.5 Å². The van der Waals surface area contributed by atoms with Crippen molar-refractivity contribution < 1.29 is 4.84 Å². The fraction of sp³-hybridized carbons (Fsp3) is 0.154. The number of hydrogen-bond donors (Lipinski definition) is 3. The number of nitrogen functional groups attached to an aromatic ring is 1. The lowest BCUT2D eigenvalue weighted by molar-refractivity contribution is 0.0217. The minimum atomic E-state index is -0.452. The third-order valence-electron chi connectivity index (χ3n) is 3.11. The molecule has 1 aromatic carbocycles. The van der Waals surface area contributed by atoms with Gasteiger partial charge in [0.15, 0.2) is 6.23 Å². The summed E-state index contributed by atoms with van der Waals surface area (Å²) in [6.07, 6.45) is 0.839. The quantitative estimate of drug-likeness (QED) is 0.732. The van der Waals surface area contributed by atoms with Gasteiger partial charge in [-0.25, -0.2) is 4.98 Å². The van der Waals surface area contributed by atoms with Gasteiger partial charge in [-0.05, 0) is 34.1 Å². The highest BCUT2D eigenvalue weighted by Gasteiger charge is 2.31. The second kappa shape index (κ2) is 6.08. The first-order valence-electron chi connectivity index (χ1n) is 6.08. The molecule has 0 amide bonds. The minimum absolute atomic E-state index is 0.338. The summed E-state index contributed by atoms with van der Waals surface area (Å²) >= 11 is 15.8. The van der Waals surface area contributed by atoms with Crippen LogP contribution < -0.4 is 16.5 Å². The molecule has 2 atom stereocenters. The maximum absolute atomic E-state index is 6.20. The molecule has 2 aromatic rings. The lowest BCUT2D eigenvalue weighted by Crippen LogP contribution is -2.23. The van der Waals surface area contributed by atoms with Crippen molar-refractivity contribution in [3.8, 4) is 0 Å². The highest BCUT2D eigenvalue weighted by atomic mass is 79.9. The van der Waals surface area contributed by atoms with Gasteiger partial charge in [-0.3, -0.25) is 10.2 Å². The molecular formula is C13H11BrCl2N4O. The van der Waals surface area contributed by atoms with E-state index in [9.17, 15) is 0 Å². The highest BCUT2D eigenvalue weighted by molar-refractivity contribution is 9.10. The Labute approximate surface area is 139 Å². The van der Waals surface area contributed by atoms with Crippen LogP contribution in [0.2, 0.25) is 10.0 Å². The molecule has 3 rings (SSSR count). The fourth-order valence-corrected chi connectivity index (χ4v) is 3.08. The number of hydroxylamine groups is 1.